The van der Waals surface area contributed by atoms with Crippen molar-refractivity contribution in [3.8, 4) is 0 Å². The van der Waals surface area contributed by atoms with Gasteiger partial charge >= 0.3 is 0 Å². The molecule has 0 spiro atoms. The van der Waals surface area contributed by atoms with E-state index in [0.717, 1.165) is 0 Å². The maximum absolute atomic E-state index is 11.0. The second-order valence-electron chi connectivity index (χ2n) is 2.68. The number of aliphatic hydroxyl groups excluding tert-OH is 2. The highest BCUT2D eigenvalue weighted by molar-refractivity contribution is 6.30. The van der Waals surface area contributed by atoms with Crippen LogP contribution in [0.15, 0.2) is 35.3 Å². The molecule has 0 aromatic heterocycles. The van der Waals surface area contributed by atoms with Crippen LogP contribution < -0.4 is 0 Å². The smallest absolute Gasteiger partial charge is 0.180 e. The van der Waals surface area contributed by atoms with Gasteiger partial charge in [0, 0.05) is 5.57 Å². The molecule has 0 rings (SSSR count). The molecule has 0 fully saturated rings. The van der Waals surface area contributed by atoms with Crippen molar-refractivity contribution >= 4 is 17.4 Å². The molecule has 0 saturated heterocycles. The summed E-state index contributed by atoms with van der Waals surface area (Å²) >= 11 is 5.29. The maximum Gasteiger partial charge on any atom is 0.180 e. The van der Waals surface area contributed by atoms with Crippen LogP contribution in [0.2, 0.25) is 0 Å². The fourth-order valence-electron chi connectivity index (χ4n) is 0.777. The largest absolute Gasteiger partial charge is 0.508 e. The van der Waals surface area contributed by atoms with Crippen molar-refractivity contribution in [3.05, 3.63) is 35.3 Å². The second-order valence-corrected chi connectivity index (χ2v) is 2.95. The van der Waals surface area contributed by atoms with E-state index in [-0.39, 0.29) is 28.5 Å². The van der Waals surface area contributed by atoms with Gasteiger partial charge in [-0.15, -0.1) is 11.6 Å². The van der Waals surface area contributed by atoms with Gasteiger partial charge in [0.1, 0.15) is 11.5 Å². The molecule has 78 valence electrons. The summed E-state index contributed by atoms with van der Waals surface area (Å²) in [5.74, 6) is -1.13. The molecule has 0 unspecified atom stereocenters. The summed E-state index contributed by atoms with van der Waals surface area (Å²) in [4.78, 5) is 11.0. The Hall–Kier alpha value is -1.22. The number of carbonyl (C=O) groups excluding carboxylic acids is 1. The fourth-order valence-corrected chi connectivity index (χ4v) is 0.938. The Morgan fingerprint density at radius 2 is 2.00 bits per heavy atom. The van der Waals surface area contributed by atoms with E-state index in [1.807, 2.05) is 0 Å². The Labute approximate surface area is 88.0 Å². The first-order chi connectivity index (χ1) is 6.45. The second kappa shape index (κ2) is 5.50. The summed E-state index contributed by atoms with van der Waals surface area (Å²) in [6.45, 7) is 6.48. The highest BCUT2D eigenvalue weighted by Crippen LogP contribution is 2.16. The molecule has 0 amide bonds. The highest BCUT2D eigenvalue weighted by Gasteiger charge is 2.13. The first kappa shape index (κ1) is 12.8. The van der Waals surface area contributed by atoms with Gasteiger partial charge in [-0.1, -0.05) is 6.58 Å². The van der Waals surface area contributed by atoms with Crippen LogP contribution in [0.3, 0.4) is 0 Å². The third-order valence-electron chi connectivity index (χ3n) is 1.76. The average molecular weight is 217 g/mol. The van der Waals surface area contributed by atoms with Crippen molar-refractivity contribution in [3.63, 3.8) is 0 Å². The van der Waals surface area contributed by atoms with Gasteiger partial charge in [-0.25, -0.2) is 0 Å². The zero-order chi connectivity index (χ0) is 11.3. The topological polar surface area (TPSA) is 57.5 Å². The molecule has 4 heteroatoms. The molecule has 14 heavy (non-hydrogen) atoms. The fraction of sp³-hybridized carbons (Fsp3) is 0.300. The number of carbonyl (C=O) groups is 1. The number of halogens is 1. The van der Waals surface area contributed by atoms with Gasteiger partial charge in [0.2, 0.25) is 0 Å². The van der Waals surface area contributed by atoms with Crippen LogP contribution in [0.25, 0.3) is 0 Å². The Morgan fingerprint density at radius 3 is 2.36 bits per heavy atom. The molecule has 0 aliphatic carbocycles. The van der Waals surface area contributed by atoms with E-state index >= 15 is 0 Å². The third kappa shape index (κ3) is 2.92. The van der Waals surface area contributed by atoms with Crippen molar-refractivity contribution in [2.45, 2.75) is 13.8 Å². The minimum atomic E-state index is -0.465. The molecule has 0 radical (unpaired) electrons. The van der Waals surface area contributed by atoms with Crippen LogP contribution in [0.1, 0.15) is 13.8 Å². The third-order valence-corrected chi connectivity index (χ3v) is 2.00. The lowest BCUT2D eigenvalue weighted by molar-refractivity contribution is -0.113. The van der Waals surface area contributed by atoms with Crippen molar-refractivity contribution in [1.82, 2.24) is 0 Å². The number of Topliss-reactive ketones (excluding diaryl/α,β-unsaturated/α-hetero) is 1. The Balaban J connectivity index is 5.02. The van der Waals surface area contributed by atoms with Crippen LogP contribution >= 0.6 is 11.6 Å². The van der Waals surface area contributed by atoms with Gasteiger partial charge < -0.3 is 10.2 Å². The zero-order valence-electron chi connectivity index (χ0n) is 8.17. The first-order valence-electron chi connectivity index (χ1n) is 3.99. The molecule has 0 aliphatic rings. The van der Waals surface area contributed by atoms with Crippen LogP contribution in [0.4, 0.5) is 0 Å². The van der Waals surface area contributed by atoms with Crippen LogP contribution in [0, 0.1) is 0 Å². The standard InChI is InChI=1S/C10H13ClO3/c1-4-8(12)6(2)10(14)7(3)9(13)5-11/h4,12,14H,3,5H2,1-2H3/b8-4+,10-6+. The zero-order valence-corrected chi connectivity index (χ0v) is 8.93. The molecule has 0 heterocycles. The quantitative estimate of drug-likeness (QED) is 0.329. The van der Waals surface area contributed by atoms with E-state index in [1.54, 1.807) is 6.92 Å². The molecule has 2 N–H and O–H groups in total. The normalized spacial score (nSPS) is 13.5. The highest BCUT2D eigenvalue weighted by atomic mass is 35.5. The van der Waals surface area contributed by atoms with Crippen LogP contribution in [0.5, 0.6) is 0 Å². The molecule has 3 nitrogen and oxygen atoms in total. The van der Waals surface area contributed by atoms with Gasteiger partial charge in [-0.05, 0) is 19.9 Å². The maximum atomic E-state index is 11.0. The molecule has 0 aromatic rings. The lowest BCUT2D eigenvalue weighted by Crippen LogP contribution is -2.07. The molecule has 0 saturated carbocycles. The first-order valence-corrected chi connectivity index (χ1v) is 4.53. The number of hydrogen-bond donors (Lipinski definition) is 2. The Bertz CT molecular complexity index is 313. The summed E-state index contributed by atoms with van der Waals surface area (Å²) in [6.07, 6.45) is 1.41. The molecule has 0 aromatic carbocycles. The minimum absolute atomic E-state index is 0.0916. The van der Waals surface area contributed by atoms with Crippen LogP contribution in [-0.4, -0.2) is 21.9 Å². The predicted molar refractivity (Wildman–Crippen MR) is 56.6 cm³/mol. The summed E-state index contributed by atoms with van der Waals surface area (Å²) in [5.41, 5.74) is 0.113. The number of allylic oxidation sites excluding steroid dienone is 3. The number of hydrogen-bond acceptors (Lipinski definition) is 3. The van der Waals surface area contributed by atoms with E-state index in [2.05, 4.69) is 6.58 Å². The molecular weight excluding hydrogens is 204 g/mol. The van der Waals surface area contributed by atoms with Crippen molar-refractivity contribution in [2.75, 3.05) is 5.88 Å². The van der Waals surface area contributed by atoms with Gasteiger partial charge in [0.05, 0.1) is 11.5 Å². The van der Waals surface area contributed by atoms with E-state index in [4.69, 9.17) is 11.6 Å². The number of ketones is 1. The SMILES string of the molecule is C=C(C(=O)CCl)/C(O)=C(C)\C(O)=C/C. The van der Waals surface area contributed by atoms with Crippen molar-refractivity contribution in [1.29, 1.82) is 0 Å². The van der Waals surface area contributed by atoms with E-state index < -0.39 is 5.78 Å². The predicted octanol–water partition coefficient (Wildman–Crippen LogP) is 2.64. The molecule has 0 atom stereocenters. The Morgan fingerprint density at radius 1 is 1.50 bits per heavy atom. The van der Waals surface area contributed by atoms with Gasteiger partial charge in [-0.2, -0.15) is 0 Å². The average Bonchev–Trinajstić information content (AvgIpc) is 2.23. The number of aliphatic hydroxyl groups is 2. The molecule has 0 bridgehead atoms. The van der Waals surface area contributed by atoms with Crippen molar-refractivity contribution in [2.24, 2.45) is 0 Å². The summed E-state index contributed by atoms with van der Waals surface area (Å²) in [5, 5.41) is 18.7. The summed E-state index contributed by atoms with van der Waals surface area (Å²) in [7, 11) is 0. The lowest BCUT2D eigenvalue weighted by Gasteiger charge is -2.06. The van der Waals surface area contributed by atoms with E-state index in [1.165, 1.54) is 13.0 Å². The molecule has 0 aliphatic heterocycles. The number of rotatable bonds is 4. The van der Waals surface area contributed by atoms with E-state index in [9.17, 15) is 15.0 Å². The van der Waals surface area contributed by atoms with Gasteiger partial charge in [0.15, 0.2) is 5.78 Å². The monoisotopic (exact) mass is 216 g/mol. The van der Waals surface area contributed by atoms with Gasteiger partial charge in [-0.3, -0.25) is 4.79 Å². The minimum Gasteiger partial charge on any atom is -0.508 e. The van der Waals surface area contributed by atoms with E-state index in [0.29, 0.717) is 0 Å². The van der Waals surface area contributed by atoms with Crippen molar-refractivity contribution < 1.29 is 15.0 Å². The summed E-state index contributed by atoms with van der Waals surface area (Å²) in [6, 6.07) is 0. The van der Waals surface area contributed by atoms with Crippen LogP contribution in [-0.2, 0) is 4.79 Å². The lowest BCUT2D eigenvalue weighted by atomic mass is 10.1. The summed E-state index contributed by atoms with van der Waals surface area (Å²) < 4.78 is 0. The van der Waals surface area contributed by atoms with Gasteiger partial charge in [0.25, 0.3) is 0 Å². The number of alkyl halides is 1. The Kier molecular flexibility index (Phi) is 5.02. The molecular formula is C10H13ClO3.